The van der Waals surface area contributed by atoms with Crippen LogP contribution in [0.25, 0.3) is 0 Å². The normalized spacial score (nSPS) is 29.2. The third-order valence-electron chi connectivity index (χ3n) is 6.07. The maximum atomic E-state index is 5.02. The lowest BCUT2D eigenvalue weighted by Crippen LogP contribution is -2.51. The second-order valence-corrected chi connectivity index (χ2v) is 8.20. The van der Waals surface area contributed by atoms with Crippen LogP contribution in [0.3, 0.4) is 0 Å². The van der Waals surface area contributed by atoms with Crippen LogP contribution in [0.15, 0.2) is 4.99 Å². The average molecular weight is 478 g/mol. The lowest BCUT2D eigenvalue weighted by Gasteiger charge is -2.37. The van der Waals surface area contributed by atoms with Gasteiger partial charge in [0, 0.05) is 51.9 Å². The first kappa shape index (κ1) is 22.2. The van der Waals surface area contributed by atoms with Gasteiger partial charge in [0.1, 0.15) is 0 Å². The number of halogens is 1. The molecule has 3 aliphatic rings. The van der Waals surface area contributed by atoms with Crippen LogP contribution in [0.5, 0.6) is 0 Å². The molecule has 2 atom stereocenters. The quantitative estimate of drug-likeness (QED) is 0.366. The standard InChI is InChI=1S/C19H38N6.HI/c1-4-20-19(21-13-18-16-22(2)11-12-23(18)3)25-10-7-17(15-25)14-24-8-5-6-9-24;/h17-18H,4-16H2,1-3H3,(H,20,21);1H. The van der Waals surface area contributed by atoms with E-state index in [1.165, 1.54) is 52.0 Å². The summed E-state index contributed by atoms with van der Waals surface area (Å²) in [5.74, 6) is 1.94. The highest BCUT2D eigenvalue weighted by Crippen LogP contribution is 2.20. The molecule has 26 heavy (non-hydrogen) atoms. The fourth-order valence-corrected chi connectivity index (χ4v) is 4.42. The number of piperazine rings is 1. The number of aliphatic imine (C=N–C) groups is 1. The number of nitrogens with one attached hydrogen (secondary N) is 1. The smallest absolute Gasteiger partial charge is 0.193 e. The first-order chi connectivity index (χ1) is 12.2. The van der Waals surface area contributed by atoms with E-state index in [0.717, 1.165) is 44.6 Å². The van der Waals surface area contributed by atoms with Crippen molar-refractivity contribution in [3.05, 3.63) is 0 Å². The molecule has 0 amide bonds. The number of guanidine groups is 1. The number of likely N-dealkylation sites (N-methyl/N-ethyl adjacent to an activating group) is 2. The topological polar surface area (TPSA) is 37.4 Å². The van der Waals surface area contributed by atoms with Crippen LogP contribution in [0.2, 0.25) is 0 Å². The molecule has 3 aliphatic heterocycles. The number of hydrogen-bond acceptors (Lipinski definition) is 4. The van der Waals surface area contributed by atoms with E-state index in [1.54, 1.807) is 0 Å². The Balaban J connectivity index is 0.00000243. The first-order valence-electron chi connectivity index (χ1n) is 10.3. The summed E-state index contributed by atoms with van der Waals surface area (Å²) in [5.41, 5.74) is 0. The summed E-state index contributed by atoms with van der Waals surface area (Å²) < 4.78 is 0. The number of nitrogens with zero attached hydrogens (tertiary/aromatic N) is 5. The molecular formula is C19H39IN6. The Labute approximate surface area is 177 Å². The van der Waals surface area contributed by atoms with Crippen molar-refractivity contribution in [3.8, 4) is 0 Å². The number of rotatable bonds is 5. The lowest BCUT2D eigenvalue weighted by molar-refractivity contribution is 0.119. The molecule has 152 valence electrons. The van der Waals surface area contributed by atoms with E-state index in [-0.39, 0.29) is 24.0 Å². The summed E-state index contributed by atoms with van der Waals surface area (Å²) in [6.45, 7) is 13.7. The molecule has 6 nitrogen and oxygen atoms in total. The van der Waals surface area contributed by atoms with Crippen molar-refractivity contribution in [2.45, 2.75) is 32.2 Å². The Morgan fingerprint density at radius 1 is 1.04 bits per heavy atom. The molecule has 0 bridgehead atoms. The van der Waals surface area contributed by atoms with Crippen LogP contribution in [0.1, 0.15) is 26.2 Å². The van der Waals surface area contributed by atoms with E-state index in [0.29, 0.717) is 6.04 Å². The van der Waals surface area contributed by atoms with Crippen molar-refractivity contribution < 1.29 is 0 Å². The molecule has 0 saturated carbocycles. The van der Waals surface area contributed by atoms with Crippen molar-refractivity contribution in [3.63, 3.8) is 0 Å². The minimum Gasteiger partial charge on any atom is -0.357 e. The first-order valence-corrected chi connectivity index (χ1v) is 10.3. The van der Waals surface area contributed by atoms with Crippen molar-refractivity contribution in [2.24, 2.45) is 10.9 Å². The SMILES string of the molecule is CCNC(=NCC1CN(C)CCN1C)N1CCC(CN2CCCC2)C1.I. The molecule has 2 unspecified atom stereocenters. The molecule has 0 radical (unpaired) electrons. The second-order valence-electron chi connectivity index (χ2n) is 8.20. The van der Waals surface area contributed by atoms with E-state index in [4.69, 9.17) is 4.99 Å². The Morgan fingerprint density at radius 3 is 2.54 bits per heavy atom. The summed E-state index contributed by atoms with van der Waals surface area (Å²) in [6, 6.07) is 0.537. The molecule has 3 fully saturated rings. The second kappa shape index (κ2) is 11.0. The fraction of sp³-hybridized carbons (Fsp3) is 0.947. The maximum Gasteiger partial charge on any atom is 0.193 e. The lowest BCUT2D eigenvalue weighted by atomic mass is 10.1. The van der Waals surface area contributed by atoms with Gasteiger partial charge in [-0.05, 0) is 59.3 Å². The third-order valence-corrected chi connectivity index (χ3v) is 6.07. The van der Waals surface area contributed by atoms with Gasteiger partial charge in [0.2, 0.25) is 0 Å². The van der Waals surface area contributed by atoms with Gasteiger partial charge in [-0.3, -0.25) is 9.89 Å². The van der Waals surface area contributed by atoms with Crippen LogP contribution in [-0.2, 0) is 0 Å². The molecule has 7 heteroatoms. The van der Waals surface area contributed by atoms with Crippen LogP contribution in [0, 0.1) is 5.92 Å². The van der Waals surface area contributed by atoms with Gasteiger partial charge in [0.05, 0.1) is 6.54 Å². The molecule has 3 rings (SSSR count). The van der Waals surface area contributed by atoms with E-state index in [2.05, 4.69) is 45.9 Å². The predicted octanol–water partition coefficient (Wildman–Crippen LogP) is 1.23. The van der Waals surface area contributed by atoms with Gasteiger partial charge in [-0.1, -0.05) is 0 Å². The molecular weight excluding hydrogens is 439 g/mol. The maximum absolute atomic E-state index is 5.02. The van der Waals surface area contributed by atoms with Gasteiger partial charge in [-0.15, -0.1) is 24.0 Å². The molecule has 0 aromatic carbocycles. The number of likely N-dealkylation sites (tertiary alicyclic amines) is 2. The molecule has 0 aromatic rings. The minimum atomic E-state index is 0. The van der Waals surface area contributed by atoms with Crippen LogP contribution < -0.4 is 5.32 Å². The molecule has 0 aliphatic carbocycles. The zero-order chi connectivity index (χ0) is 17.6. The summed E-state index contributed by atoms with van der Waals surface area (Å²) in [6.07, 6.45) is 4.10. The molecule has 0 aromatic heterocycles. The Morgan fingerprint density at radius 2 is 1.81 bits per heavy atom. The van der Waals surface area contributed by atoms with Crippen LogP contribution in [0.4, 0.5) is 0 Å². The zero-order valence-electron chi connectivity index (χ0n) is 17.0. The minimum absolute atomic E-state index is 0. The van der Waals surface area contributed by atoms with Crippen molar-refractivity contribution in [2.75, 3.05) is 79.5 Å². The summed E-state index contributed by atoms with van der Waals surface area (Å²) in [4.78, 5) is 15.1. The van der Waals surface area contributed by atoms with Gasteiger partial charge < -0.3 is 20.0 Å². The molecule has 3 saturated heterocycles. The Bertz CT molecular complexity index is 440. The summed E-state index contributed by atoms with van der Waals surface area (Å²) in [5, 5.41) is 3.53. The van der Waals surface area contributed by atoms with E-state index in [9.17, 15) is 0 Å². The van der Waals surface area contributed by atoms with Crippen LogP contribution >= 0.6 is 24.0 Å². The predicted molar refractivity (Wildman–Crippen MR) is 121 cm³/mol. The highest BCUT2D eigenvalue weighted by molar-refractivity contribution is 14.0. The van der Waals surface area contributed by atoms with Gasteiger partial charge in [0.25, 0.3) is 0 Å². The van der Waals surface area contributed by atoms with E-state index in [1.807, 2.05) is 0 Å². The van der Waals surface area contributed by atoms with Crippen molar-refractivity contribution in [1.82, 2.24) is 24.9 Å². The van der Waals surface area contributed by atoms with Crippen molar-refractivity contribution in [1.29, 1.82) is 0 Å². The zero-order valence-corrected chi connectivity index (χ0v) is 19.3. The Hall–Kier alpha value is -0.120. The molecule has 0 spiro atoms. The summed E-state index contributed by atoms with van der Waals surface area (Å²) >= 11 is 0. The van der Waals surface area contributed by atoms with E-state index < -0.39 is 0 Å². The Kier molecular flexibility index (Phi) is 9.40. The van der Waals surface area contributed by atoms with Gasteiger partial charge in [-0.25, -0.2) is 0 Å². The highest BCUT2D eigenvalue weighted by atomic mass is 127. The third kappa shape index (κ3) is 6.21. The monoisotopic (exact) mass is 478 g/mol. The van der Waals surface area contributed by atoms with E-state index >= 15 is 0 Å². The number of hydrogen-bond donors (Lipinski definition) is 1. The van der Waals surface area contributed by atoms with Gasteiger partial charge in [0.15, 0.2) is 5.96 Å². The van der Waals surface area contributed by atoms with Crippen LogP contribution in [-0.4, -0.2) is 111 Å². The highest BCUT2D eigenvalue weighted by Gasteiger charge is 2.28. The largest absolute Gasteiger partial charge is 0.357 e. The fourth-order valence-electron chi connectivity index (χ4n) is 4.42. The van der Waals surface area contributed by atoms with Gasteiger partial charge in [-0.2, -0.15) is 0 Å². The molecule has 1 N–H and O–H groups in total. The summed E-state index contributed by atoms with van der Waals surface area (Å²) in [7, 11) is 4.46. The van der Waals surface area contributed by atoms with Crippen molar-refractivity contribution >= 4 is 29.9 Å². The van der Waals surface area contributed by atoms with Gasteiger partial charge >= 0.3 is 0 Å². The molecule has 3 heterocycles. The average Bonchev–Trinajstić information content (AvgIpc) is 3.27.